The minimum atomic E-state index is 0.882. The first-order chi connectivity index (χ1) is 31.7. The zero-order valence-corrected chi connectivity index (χ0v) is 34.5. The van der Waals surface area contributed by atoms with Gasteiger partial charge in [0.25, 0.3) is 0 Å². The smallest absolute Gasteiger partial charge is 0.135 e. The molecule has 0 bridgehead atoms. The molecule has 4 aromatic heterocycles. The van der Waals surface area contributed by atoms with Crippen LogP contribution in [0.3, 0.4) is 0 Å². The summed E-state index contributed by atoms with van der Waals surface area (Å²) in [7, 11) is 0. The summed E-state index contributed by atoms with van der Waals surface area (Å²) in [6.07, 6.45) is 0. The van der Waals surface area contributed by atoms with Crippen molar-refractivity contribution >= 4 is 87.5 Å². The topological polar surface area (TPSA) is 36.1 Å². The van der Waals surface area contributed by atoms with Crippen LogP contribution < -0.4 is 0 Å². The van der Waals surface area contributed by atoms with E-state index in [1.54, 1.807) is 0 Å². The van der Waals surface area contributed by atoms with E-state index >= 15 is 0 Å². The van der Waals surface area contributed by atoms with Crippen molar-refractivity contribution in [1.82, 2.24) is 9.13 Å². The van der Waals surface area contributed by atoms with E-state index in [9.17, 15) is 0 Å². The van der Waals surface area contributed by atoms with E-state index in [4.69, 9.17) is 8.83 Å². The van der Waals surface area contributed by atoms with Gasteiger partial charge in [-0.25, -0.2) is 0 Å². The van der Waals surface area contributed by atoms with Crippen molar-refractivity contribution in [3.63, 3.8) is 0 Å². The lowest BCUT2D eigenvalue weighted by atomic mass is 9.95. The molecule has 0 unspecified atom stereocenters. The molecule has 0 atom stereocenters. The van der Waals surface area contributed by atoms with E-state index in [0.29, 0.717) is 0 Å². The number of benzene rings is 10. The van der Waals surface area contributed by atoms with Crippen molar-refractivity contribution in [1.29, 1.82) is 0 Å². The van der Waals surface area contributed by atoms with Crippen LogP contribution in [0.25, 0.3) is 132 Å². The Labute approximate surface area is 367 Å². The number of para-hydroxylation sites is 4. The fourth-order valence-electron chi connectivity index (χ4n) is 10.3. The third-order valence-corrected chi connectivity index (χ3v) is 13.3. The number of hydrogen-bond donors (Lipinski definition) is 0. The van der Waals surface area contributed by atoms with Crippen LogP contribution in [0.2, 0.25) is 0 Å². The summed E-state index contributed by atoms with van der Waals surface area (Å²) in [5, 5.41) is 9.42. The average molecular weight is 817 g/mol. The Balaban J connectivity index is 0.826. The fourth-order valence-corrected chi connectivity index (χ4v) is 10.3. The van der Waals surface area contributed by atoms with Crippen LogP contribution >= 0.6 is 0 Å². The summed E-state index contributed by atoms with van der Waals surface area (Å²) in [4.78, 5) is 0. The molecule has 0 saturated heterocycles. The summed E-state index contributed by atoms with van der Waals surface area (Å²) in [6.45, 7) is 0. The molecule has 64 heavy (non-hydrogen) atoms. The molecule has 0 amide bonds. The predicted octanol–water partition coefficient (Wildman–Crippen LogP) is 16.7. The van der Waals surface area contributed by atoms with E-state index in [1.807, 2.05) is 0 Å². The maximum Gasteiger partial charge on any atom is 0.135 e. The summed E-state index contributed by atoms with van der Waals surface area (Å²) < 4.78 is 17.6. The predicted molar refractivity (Wildman–Crippen MR) is 266 cm³/mol. The first kappa shape index (κ1) is 35.0. The van der Waals surface area contributed by atoms with E-state index in [1.165, 1.54) is 43.6 Å². The molecule has 298 valence electrons. The monoisotopic (exact) mass is 816 g/mol. The number of furan rings is 2. The number of nitrogens with zero attached hydrogens (tertiary/aromatic N) is 2. The van der Waals surface area contributed by atoms with Gasteiger partial charge in [0.05, 0.1) is 22.1 Å². The summed E-state index contributed by atoms with van der Waals surface area (Å²) >= 11 is 0. The van der Waals surface area contributed by atoms with E-state index in [-0.39, 0.29) is 0 Å². The summed E-state index contributed by atoms with van der Waals surface area (Å²) in [5.74, 6) is 0. The van der Waals surface area contributed by atoms with Crippen molar-refractivity contribution < 1.29 is 8.83 Å². The maximum absolute atomic E-state index is 6.42. The van der Waals surface area contributed by atoms with Crippen LogP contribution in [-0.2, 0) is 0 Å². The zero-order chi connectivity index (χ0) is 41.9. The lowest BCUT2D eigenvalue weighted by Gasteiger charge is -2.09. The van der Waals surface area contributed by atoms with E-state index in [2.05, 4.69) is 228 Å². The minimum absolute atomic E-state index is 0.882. The van der Waals surface area contributed by atoms with Gasteiger partial charge in [0.2, 0.25) is 0 Å². The second kappa shape index (κ2) is 13.4. The lowest BCUT2D eigenvalue weighted by Crippen LogP contribution is -1.93. The normalized spacial score (nSPS) is 12.1. The number of fused-ring (bicyclic) bond motifs is 12. The fraction of sp³-hybridized carbons (Fsp3) is 0. The standard InChI is InChI=1S/C60H36N2O2/c1-5-19-53-45(15-1)46-16-2-6-20-54(46)61(53)43-25-29-59-51(35-43)49-33-41(23-27-57(49)63-59)39-13-9-11-37(31-39)38-12-10-14-40(32-38)42-24-28-58-50(34-42)52-36-44(26-30-60(52)64-58)62-55-21-7-3-17-47(55)48-18-4-8-22-56(48)62/h1-36H. The second-order valence-corrected chi connectivity index (χ2v) is 16.9. The van der Waals surface area contributed by atoms with Crippen LogP contribution in [0.4, 0.5) is 0 Å². The quantitative estimate of drug-likeness (QED) is 0.173. The molecule has 0 saturated carbocycles. The van der Waals surface area contributed by atoms with Gasteiger partial charge in [0.15, 0.2) is 0 Å². The molecule has 0 radical (unpaired) electrons. The molecule has 0 aliphatic carbocycles. The lowest BCUT2D eigenvalue weighted by molar-refractivity contribution is 0.668. The molecule has 14 aromatic rings. The Bertz CT molecular complexity index is 3830. The molecule has 0 spiro atoms. The van der Waals surface area contributed by atoms with Gasteiger partial charge in [-0.1, -0.05) is 121 Å². The Morgan fingerprint density at radius 1 is 0.219 bits per heavy atom. The van der Waals surface area contributed by atoms with Crippen molar-refractivity contribution in [3.05, 3.63) is 218 Å². The third-order valence-electron chi connectivity index (χ3n) is 13.3. The van der Waals surface area contributed by atoms with Gasteiger partial charge in [0.1, 0.15) is 22.3 Å². The summed E-state index contributed by atoms with van der Waals surface area (Å²) in [5.41, 5.74) is 17.5. The molecule has 0 aliphatic heterocycles. The molecule has 14 rings (SSSR count). The SMILES string of the molecule is c1cc(-c2cccc(-c3ccc4oc5ccc(-n6c7ccccc7c7ccccc76)cc5c4c3)c2)cc(-c2ccc3oc4ccc(-n5c6ccccc6c6ccccc65)cc4c3c2)c1. The largest absolute Gasteiger partial charge is 0.456 e. The highest BCUT2D eigenvalue weighted by molar-refractivity contribution is 6.13. The van der Waals surface area contributed by atoms with Crippen molar-refractivity contribution in [2.75, 3.05) is 0 Å². The Hall–Kier alpha value is -8.60. The molecule has 0 aliphatic rings. The molecule has 4 heteroatoms. The van der Waals surface area contributed by atoms with Crippen LogP contribution in [-0.4, -0.2) is 9.13 Å². The maximum atomic E-state index is 6.42. The van der Waals surface area contributed by atoms with Gasteiger partial charge in [-0.05, 0) is 130 Å². The van der Waals surface area contributed by atoms with Crippen molar-refractivity contribution in [2.24, 2.45) is 0 Å². The molecule has 10 aromatic carbocycles. The molecular formula is C60H36N2O2. The minimum Gasteiger partial charge on any atom is -0.456 e. The van der Waals surface area contributed by atoms with Gasteiger partial charge in [-0.3, -0.25) is 0 Å². The number of hydrogen-bond acceptors (Lipinski definition) is 2. The molecular weight excluding hydrogens is 781 g/mol. The zero-order valence-electron chi connectivity index (χ0n) is 34.5. The van der Waals surface area contributed by atoms with E-state index < -0.39 is 0 Å². The Morgan fingerprint density at radius 2 is 0.516 bits per heavy atom. The Morgan fingerprint density at radius 3 is 0.875 bits per heavy atom. The number of aromatic nitrogens is 2. The highest BCUT2D eigenvalue weighted by Gasteiger charge is 2.17. The van der Waals surface area contributed by atoms with Crippen LogP contribution in [0.15, 0.2) is 227 Å². The molecule has 0 fully saturated rings. The van der Waals surface area contributed by atoms with Crippen LogP contribution in [0.5, 0.6) is 0 Å². The first-order valence-corrected chi connectivity index (χ1v) is 21.8. The van der Waals surface area contributed by atoms with Gasteiger partial charge in [-0.2, -0.15) is 0 Å². The highest BCUT2D eigenvalue weighted by atomic mass is 16.3. The molecule has 4 heterocycles. The van der Waals surface area contributed by atoms with Gasteiger partial charge in [-0.15, -0.1) is 0 Å². The van der Waals surface area contributed by atoms with E-state index in [0.717, 1.165) is 88.6 Å². The first-order valence-electron chi connectivity index (χ1n) is 21.8. The van der Waals surface area contributed by atoms with Gasteiger partial charge >= 0.3 is 0 Å². The molecule has 0 N–H and O–H groups in total. The van der Waals surface area contributed by atoms with Gasteiger partial charge < -0.3 is 18.0 Å². The second-order valence-electron chi connectivity index (χ2n) is 16.9. The van der Waals surface area contributed by atoms with Crippen molar-refractivity contribution in [3.8, 4) is 44.8 Å². The Kier molecular flexibility index (Phi) is 7.36. The molecule has 4 nitrogen and oxygen atoms in total. The number of rotatable bonds is 5. The summed E-state index contributed by atoms with van der Waals surface area (Å²) in [6, 6.07) is 78.6. The third kappa shape index (κ3) is 5.23. The average Bonchev–Trinajstić information content (AvgIpc) is 4.11. The van der Waals surface area contributed by atoms with Crippen molar-refractivity contribution in [2.45, 2.75) is 0 Å². The van der Waals surface area contributed by atoms with Gasteiger partial charge in [0, 0.05) is 54.5 Å². The van der Waals surface area contributed by atoms with Crippen LogP contribution in [0, 0.1) is 0 Å². The highest BCUT2D eigenvalue weighted by Crippen LogP contribution is 2.40. The van der Waals surface area contributed by atoms with Crippen LogP contribution in [0.1, 0.15) is 0 Å².